The van der Waals surface area contributed by atoms with Gasteiger partial charge in [-0.1, -0.05) is 23.7 Å². The van der Waals surface area contributed by atoms with Crippen LogP contribution in [0.5, 0.6) is 0 Å². The molecule has 1 N–H and O–H groups in total. The fourth-order valence-corrected chi connectivity index (χ4v) is 1.84. The second-order valence-corrected chi connectivity index (χ2v) is 4.58. The summed E-state index contributed by atoms with van der Waals surface area (Å²) in [5.74, 6) is 0. The van der Waals surface area contributed by atoms with Crippen LogP contribution in [0.4, 0.5) is 0 Å². The normalized spacial score (nSPS) is 10.8. The van der Waals surface area contributed by atoms with Crippen LogP contribution in [0, 0.1) is 6.92 Å². The van der Waals surface area contributed by atoms with Crippen molar-refractivity contribution in [3.8, 4) is 0 Å². The van der Waals surface area contributed by atoms with Crippen molar-refractivity contribution < 1.29 is 0 Å². The standard InChI is InChI=1S/C13H16ClN3/c1-10-3-4-11(7-13(10)14)8-15-9-12-5-6-17(2)16-12/h3-7,15H,8-9H2,1-2H3. The number of halogens is 1. The average molecular weight is 250 g/mol. The van der Waals surface area contributed by atoms with Crippen molar-refractivity contribution in [3.05, 3.63) is 52.3 Å². The Bertz CT molecular complexity index is 505. The van der Waals surface area contributed by atoms with E-state index in [1.807, 2.05) is 38.4 Å². The molecule has 0 spiro atoms. The highest BCUT2D eigenvalue weighted by molar-refractivity contribution is 6.31. The van der Waals surface area contributed by atoms with Crippen molar-refractivity contribution in [2.45, 2.75) is 20.0 Å². The molecule has 0 fully saturated rings. The van der Waals surface area contributed by atoms with E-state index in [1.54, 1.807) is 4.68 Å². The van der Waals surface area contributed by atoms with E-state index in [4.69, 9.17) is 11.6 Å². The Morgan fingerprint density at radius 2 is 2.12 bits per heavy atom. The van der Waals surface area contributed by atoms with Gasteiger partial charge in [0.2, 0.25) is 0 Å². The van der Waals surface area contributed by atoms with Crippen LogP contribution in [0.2, 0.25) is 5.02 Å². The molecule has 1 heterocycles. The smallest absolute Gasteiger partial charge is 0.0762 e. The van der Waals surface area contributed by atoms with Gasteiger partial charge >= 0.3 is 0 Å². The van der Waals surface area contributed by atoms with Gasteiger partial charge in [-0.3, -0.25) is 4.68 Å². The van der Waals surface area contributed by atoms with Gasteiger partial charge in [-0.05, 0) is 30.2 Å². The van der Waals surface area contributed by atoms with Gasteiger partial charge in [0.15, 0.2) is 0 Å². The first-order valence-electron chi connectivity index (χ1n) is 5.59. The van der Waals surface area contributed by atoms with Gasteiger partial charge in [0.05, 0.1) is 5.69 Å². The average Bonchev–Trinajstić information content (AvgIpc) is 2.70. The van der Waals surface area contributed by atoms with Gasteiger partial charge in [-0.25, -0.2) is 0 Å². The molecule has 0 aliphatic carbocycles. The van der Waals surface area contributed by atoms with Crippen molar-refractivity contribution in [3.63, 3.8) is 0 Å². The predicted octanol–water partition coefficient (Wildman–Crippen LogP) is 2.67. The van der Waals surface area contributed by atoms with Gasteiger partial charge in [-0.2, -0.15) is 5.10 Å². The number of hydrogen-bond acceptors (Lipinski definition) is 2. The number of aromatic nitrogens is 2. The molecular weight excluding hydrogens is 234 g/mol. The third-order valence-electron chi connectivity index (χ3n) is 2.64. The molecule has 1 aromatic heterocycles. The highest BCUT2D eigenvalue weighted by Crippen LogP contribution is 2.16. The number of benzene rings is 1. The number of rotatable bonds is 4. The first-order chi connectivity index (χ1) is 8.15. The SMILES string of the molecule is Cc1ccc(CNCc2ccn(C)n2)cc1Cl. The van der Waals surface area contributed by atoms with Crippen LogP contribution in [-0.2, 0) is 20.1 Å². The summed E-state index contributed by atoms with van der Waals surface area (Å²) in [6.45, 7) is 3.58. The van der Waals surface area contributed by atoms with Crippen LogP contribution < -0.4 is 5.32 Å². The van der Waals surface area contributed by atoms with Crippen molar-refractivity contribution in [1.82, 2.24) is 15.1 Å². The Morgan fingerprint density at radius 3 is 2.76 bits per heavy atom. The van der Waals surface area contributed by atoms with Crippen LogP contribution in [0.15, 0.2) is 30.5 Å². The molecule has 0 bridgehead atoms. The van der Waals surface area contributed by atoms with Crippen LogP contribution >= 0.6 is 11.6 Å². The molecule has 0 aliphatic heterocycles. The second-order valence-electron chi connectivity index (χ2n) is 4.17. The topological polar surface area (TPSA) is 29.9 Å². The molecule has 0 saturated carbocycles. The maximum atomic E-state index is 6.07. The van der Waals surface area contributed by atoms with Crippen molar-refractivity contribution in [1.29, 1.82) is 0 Å². The number of nitrogens with one attached hydrogen (secondary N) is 1. The maximum Gasteiger partial charge on any atom is 0.0762 e. The monoisotopic (exact) mass is 249 g/mol. The van der Waals surface area contributed by atoms with Crippen molar-refractivity contribution in [2.75, 3.05) is 0 Å². The van der Waals surface area contributed by atoms with Crippen LogP contribution in [-0.4, -0.2) is 9.78 Å². The van der Waals surface area contributed by atoms with E-state index in [9.17, 15) is 0 Å². The zero-order chi connectivity index (χ0) is 12.3. The van der Waals surface area contributed by atoms with E-state index >= 15 is 0 Å². The van der Waals surface area contributed by atoms with Gasteiger partial charge in [-0.15, -0.1) is 0 Å². The molecular formula is C13H16ClN3. The Kier molecular flexibility index (Phi) is 3.82. The molecule has 2 rings (SSSR count). The number of hydrogen-bond donors (Lipinski definition) is 1. The zero-order valence-corrected chi connectivity index (χ0v) is 10.8. The summed E-state index contributed by atoms with van der Waals surface area (Å²) < 4.78 is 1.81. The molecule has 90 valence electrons. The fraction of sp³-hybridized carbons (Fsp3) is 0.308. The van der Waals surface area contributed by atoms with Gasteiger partial charge in [0.25, 0.3) is 0 Å². The summed E-state index contributed by atoms with van der Waals surface area (Å²) in [5, 5.41) is 8.47. The van der Waals surface area contributed by atoms with Gasteiger partial charge in [0.1, 0.15) is 0 Å². The molecule has 0 amide bonds. The minimum absolute atomic E-state index is 0.770. The van der Waals surface area contributed by atoms with E-state index in [2.05, 4.69) is 16.5 Å². The van der Waals surface area contributed by atoms with E-state index in [0.29, 0.717) is 0 Å². The summed E-state index contributed by atoms with van der Waals surface area (Å²) in [6.07, 6.45) is 1.94. The quantitative estimate of drug-likeness (QED) is 0.903. The summed E-state index contributed by atoms with van der Waals surface area (Å²) in [6, 6.07) is 8.14. The van der Waals surface area contributed by atoms with Crippen LogP contribution in [0.1, 0.15) is 16.8 Å². The molecule has 0 radical (unpaired) electrons. The Labute approximate surface area is 106 Å². The molecule has 0 aliphatic rings. The predicted molar refractivity (Wildman–Crippen MR) is 69.9 cm³/mol. The Balaban J connectivity index is 1.87. The maximum absolute atomic E-state index is 6.07. The van der Waals surface area contributed by atoms with Gasteiger partial charge in [0, 0.05) is 31.4 Å². The molecule has 4 heteroatoms. The van der Waals surface area contributed by atoms with Crippen LogP contribution in [0.3, 0.4) is 0 Å². The zero-order valence-electron chi connectivity index (χ0n) is 10.1. The molecule has 0 saturated heterocycles. The van der Waals surface area contributed by atoms with Crippen molar-refractivity contribution in [2.24, 2.45) is 7.05 Å². The van der Waals surface area contributed by atoms with E-state index in [1.165, 1.54) is 5.56 Å². The number of nitrogens with zero attached hydrogens (tertiary/aromatic N) is 2. The highest BCUT2D eigenvalue weighted by atomic mass is 35.5. The summed E-state index contributed by atoms with van der Waals surface area (Å²) >= 11 is 6.07. The van der Waals surface area contributed by atoms with E-state index in [-0.39, 0.29) is 0 Å². The summed E-state index contributed by atoms with van der Waals surface area (Å²) in [7, 11) is 1.92. The largest absolute Gasteiger partial charge is 0.307 e. The number of aryl methyl sites for hydroxylation is 2. The lowest BCUT2D eigenvalue weighted by atomic mass is 10.1. The fourth-order valence-electron chi connectivity index (χ4n) is 1.64. The Hall–Kier alpha value is -1.32. The third-order valence-corrected chi connectivity index (χ3v) is 3.05. The molecule has 0 atom stereocenters. The van der Waals surface area contributed by atoms with E-state index < -0.39 is 0 Å². The lowest BCUT2D eigenvalue weighted by molar-refractivity contribution is 0.656. The molecule has 3 nitrogen and oxygen atoms in total. The lowest BCUT2D eigenvalue weighted by Crippen LogP contribution is -2.13. The summed E-state index contributed by atoms with van der Waals surface area (Å²) in [5.41, 5.74) is 3.35. The molecule has 0 unspecified atom stereocenters. The lowest BCUT2D eigenvalue weighted by Gasteiger charge is -2.05. The van der Waals surface area contributed by atoms with Crippen LogP contribution in [0.25, 0.3) is 0 Å². The molecule has 1 aromatic carbocycles. The Morgan fingerprint density at radius 1 is 1.29 bits per heavy atom. The van der Waals surface area contributed by atoms with E-state index in [0.717, 1.165) is 29.4 Å². The first kappa shape index (κ1) is 12.1. The third kappa shape index (κ3) is 3.32. The molecule has 2 aromatic rings. The molecule has 17 heavy (non-hydrogen) atoms. The highest BCUT2D eigenvalue weighted by Gasteiger charge is 1.99. The van der Waals surface area contributed by atoms with Gasteiger partial charge < -0.3 is 5.32 Å². The minimum Gasteiger partial charge on any atom is -0.307 e. The summed E-state index contributed by atoms with van der Waals surface area (Å²) in [4.78, 5) is 0. The van der Waals surface area contributed by atoms with Crippen molar-refractivity contribution >= 4 is 11.6 Å². The second kappa shape index (κ2) is 5.34. The first-order valence-corrected chi connectivity index (χ1v) is 5.97. The minimum atomic E-state index is 0.770.